The van der Waals surface area contributed by atoms with Gasteiger partial charge in [0.1, 0.15) is 0 Å². The Hall–Kier alpha value is -0.940. The van der Waals surface area contributed by atoms with Crippen molar-refractivity contribution in [1.29, 1.82) is 0 Å². The first-order valence-electron chi connectivity index (χ1n) is 4.44. The van der Waals surface area contributed by atoms with Crippen molar-refractivity contribution >= 4 is 31.6 Å². The Labute approximate surface area is 91.6 Å². The summed E-state index contributed by atoms with van der Waals surface area (Å²) in [5.74, 6) is -0.431. The van der Waals surface area contributed by atoms with Crippen molar-refractivity contribution in [3.05, 3.63) is 35.2 Å². The van der Waals surface area contributed by atoms with E-state index in [1.165, 1.54) is 11.3 Å². The zero-order chi connectivity index (χ0) is 10.9. The van der Waals surface area contributed by atoms with E-state index in [2.05, 4.69) is 0 Å². The van der Waals surface area contributed by atoms with E-state index in [1.54, 1.807) is 0 Å². The van der Waals surface area contributed by atoms with Crippen LogP contribution in [0.15, 0.2) is 30.3 Å². The van der Waals surface area contributed by atoms with Gasteiger partial charge < -0.3 is 0 Å². The van der Waals surface area contributed by atoms with Crippen molar-refractivity contribution in [1.82, 2.24) is 0 Å². The van der Waals surface area contributed by atoms with E-state index in [4.69, 9.17) is 0 Å². The van der Waals surface area contributed by atoms with Crippen LogP contribution in [0.25, 0.3) is 10.1 Å². The van der Waals surface area contributed by atoms with Crippen molar-refractivity contribution < 1.29 is 12.3 Å². The lowest BCUT2D eigenvalue weighted by Gasteiger charge is -1.91. The van der Waals surface area contributed by atoms with E-state index in [-0.39, 0.29) is 6.42 Å². The molecular formula is C10H9FO2S2. The molecule has 0 unspecified atom stereocenters. The first-order valence-corrected chi connectivity index (χ1v) is 6.81. The Bertz CT molecular complexity index is 539. The maximum atomic E-state index is 12.3. The summed E-state index contributed by atoms with van der Waals surface area (Å²) in [6.07, 6.45) is 0.248. The average molecular weight is 244 g/mol. The monoisotopic (exact) mass is 244 g/mol. The molecule has 0 atom stereocenters. The molecule has 0 N–H and O–H groups in total. The number of thiophene rings is 1. The molecule has 2 rings (SSSR count). The summed E-state index contributed by atoms with van der Waals surface area (Å²) in [6, 6.07) is 9.68. The van der Waals surface area contributed by atoms with E-state index in [9.17, 15) is 12.3 Å². The first-order chi connectivity index (χ1) is 7.04. The lowest BCUT2D eigenvalue weighted by molar-refractivity contribution is 0.551. The van der Waals surface area contributed by atoms with E-state index >= 15 is 0 Å². The molecule has 1 aromatic carbocycles. The average Bonchev–Trinajstić information content (AvgIpc) is 2.56. The summed E-state index contributed by atoms with van der Waals surface area (Å²) in [4.78, 5) is 0.900. The van der Waals surface area contributed by atoms with Gasteiger partial charge in [-0.05, 0) is 23.9 Å². The minimum absolute atomic E-state index is 0.248. The Kier molecular flexibility index (Phi) is 2.75. The third-order valence-corrected chi connectivity index (χ3v) is 3.94. The third-order valence-electron chi connectivity index (χ3n) is 2.07. The van der Waals surface area contributed by atoms with Crippen molar-refractivity contribution in [3.8, 4) is 0 Å². The molecule has 2 aromatic rings. The highest BCUT2D eigenvalue weighted by Crippen LogP contribution is 2.25. The smallest absolute Gasteiger partial charge is 0.195 e. The Morgan fingerprint density at radius 1 is 1.27 bits per heavy atom. The van der Waals surface area contributed by atoms with Gasteiger partial charge in [0.2, 0.25) is 0 Å². The molecule has 0 aliphatic rings. The molecule has 80 valence electrons. The van der Waals surface area contributed by atoms with Crippen molar-refractivity contribution in [2.24, 2.45) is 0 Å². The normalized spacial score (nSPS) is 12.1. The number of rotatable bonds is 3. The summed E-state index contributed by atoms with van der Waals surface area (Å²) in [5, 5.41) is 1.08. The van der Waals surface area contributed by atoms with Gasteiger partial charge in [-0.15, -0.1) is 15.2 Å². The lowest BCUT2D eigenvalue weighted by atomic mass is 10.2. The first kappa shape index (κ1) is 10.6. The second kappa shape index (κ2) is 3.90. The number of hydrogen-bond acceptors (Lipinski definition) is 3. The number of benzene rings is 1. The second-order valence-corrected chi connectivity index (χ2v) is 5.90. The van der Waals surface area contributed by atoms with Gasteiger partial charge in [-0.25, -0.2) is 0 Å². The van der Waals surface area contributed by atoms with Gasteiger partial charge >= 0.3 is 10.2 Å². The maximum Gasteiger partial charge on any atom is 0.302 e. The molecule has 0 aliphatic heterocycles. The molecule has 0 fully saturated rings. The zero-order valence-corrected chi connectivity index (χ0v) is 9.44. The molecular weight excluding hydrogens is 235 g/mol. The van der Waals surface area contributed by atoms with Gasteiger partial charge in [0.15, 0.2) is 0 Å². The Morgan fingerprint density at radius 3 is 2.67 bits per heavy atom. The van der Waals surface area contributed by atoms with Crippen molar-refractivity contribution in [3.63, 3.8) is 0 Å². The third kappa shape index (κ3) is 2.76. The number of hydrogen-bond donors (Lipinski definition) is 0. The SMILES string of the molecule is O=S(=O)(F)CCc1cc2ccccc2s1. The van der Waals surface area contributed by atoms with Gasteiger partial charge in [0.25, 0.3) is 0 Å². The van der Waals surface area contributed by atoms with Crippen LogP contribution in [0, 0.1) is 0 Å². The highest BCUT2D eigenvalue weighted by atomic mass is 32.3. The molecule has 0 bridgehead atoms. The fraction of sp³-hybridized carbons (Fsp3) is 0.200. The molecule has 5 heteroatoms. The topological polar surface area (TPSA) is 34.1 Å². The number of fused-ring (bicyclic) bond motifs is 1. The summed E-state index contributed by atoms with van der Waals surface area (Å²) in [6.45, 7) is 0. The van der Waals surface area contributed by atoms with Gasteiger partial charge in [0.05, 0.1) is 5.75 Å². The predicted molar refractivity (Wildman–Crippen MR) is 60.4 cm³/mol. The van der Waals surface area contributed by atoms with Crippen LogP contribution in [0.2, 0.25) is 0 Å². The maximum absolute atomic E-state index is 12.3. The molecule has 1 heterocycles. The quantitative estimate of drug-likeness (QED) is 0.778. The molecule has 0 saturated carbocycles. The van der Waals surface area contributed by atoms with Crippen molar-refractivity contribution in [2.75, 3.05) is 5.75 Å². The Morgan fingerprint density at radius 2 is 2.00 bits per heavy atom. The zero-order valence-electron chi connectivity index (χ0n) is 7.81. The summed E-state index contributed by atoms with van der Waals surface area (Å²) < 4.78 is 34.1. The second-order valence-electron chi connectivity index (χ2n) is 3.24. The van der Waals surface area contributed by atoms with Crippen LogP contribution in [0.4, 0.5) is 3.89 Å². The molecule has 1 aromatic heterocycles. The summed E-state index contributed by atoms with van der Waals surface area (Å²) in [7, 11) is -4.35. The number of halogens is 1. The molecule has 0 spiro atoms. The lowest BCUT2D eigenvalue weighted by Crippen LogP contribution is -2.00. The summed E-state index contributed by atoms with van der Waals surface area (Å²) in [5.41, 5.74) is 0. The van der Waals surface area contributed by atoms with Crippen LogP contribution < -0.4 is 0 Å². The van der Waals surface area contributed by atoms with E-state index in [0.29, 0.717) is 0 Å². The van der Waals surface area contributed by atoms with Gasteiger partial charge in [-0.2, -0.15) is 8.42 Å². The number of aryl methyl sites for hydroxylation is 1. The van der Waals surface area contributed by atoms with E-state index in [0.717, 1.165) is 15.0 Å². The van der Waals surface area contributed by atoms with Crippen LogP contribution in [0.5, 0.6) is 0 Å². The highest BCUT2D eigenvalue weighted by molar-refractivity contribution is 7.86. The van der Waals surface area contributed by atoms with E-state index in [1.807, 2.05) is 30.3 Å². The Balaban J connectivity index is 2.23. The summed E-state index contributed by atoms with van der Waals surface area (Å²) >= 11 is 1.51. The predicted octanol–water partition coefficient (Wildman–Crippen LogP) is 2.74. The van der Waals surface area contributed by atoms with Gasteiger partial charge in [0, 0.05) is 9.58 Å². The fourth-order valence-corrected chi connectivity index (χ4v) is 3.04. The van der Waals surface area contributed by atoms with Crippen LogP contribution in [0.1, 0.15) is 4.88 Å². The molecule has 0 aliphatic carbocycles. The minimum atomic E-state index is -4.35. The molecule has 0 saturated heterocycles. The van der Waals surface area contributed by atoms with Gasteiger partial charge in [-0.3, -0.25) is 0 Å². The largest absolute Gasteiger partial charge is 0.302 e. The molecule has 0 radical (unpaired) electrons. The minimum Gasteiger partial charge on any atom is -0.195 e. The molecule has 2 nitrogen and oxygen atoms in total. The molecule has 15 heavy (non-hydrogen) atoms. The van der Waals surface area contributed by atoms with Crippen LogP contribution in [-0.2, 0) is 16.6 Å². The van der Waals surface area contributed by atoms with Crippen molar-refractivity contribution in [2.45, 2.75) is 6.42 Å². The van der Waals surface area contributed by atoms with Crippen LogP contribution >= 0.6 is 11.3 Å². The van der Waals surface area contributed by atoms with Gasteiger partial charge in [-0.1, -0.05) is 18.2 Å². The van der Waals surface area contributed by atoms with Crippen LogP contribution in [0.3, 0.4) is 0 Å². The molecule has 0 amide bonds. The van der Waals surface area contributed by atoms with E-state index < -0.39 is 16.0 Å². The highest BCUT2D eigenvalue weighted by Gasteiger charge is 2.09. The van der Waals surface area contributed by atoms with Crippen LogP contribution in [-0.4, -0.2) is 14.2 Å². The standard InChI is InChI=1S/C10H9FO2S2/c11-15(12,13)6-5-9-7-8-3-1-2-4-10(8)14-9/h1-4,7H,5-6H2. The fourth-order valence-electron chi connectivity index (χ4n) is 1.38.